The molecule has 1 aromatic rings. The van der Waals surface area contributed by atoms with Crippen LogP contribution >= 0.6 is 0 Å². The van der Waals surface area contributed by atoms with Gasteiger partial charge in [0, 0.05) is 32.2 Å². The molecule has 3 aliphatic rings. The number of benzene rings is 1. The molecule has 4 rings (SSSR count). The van der Waals surface area contributed by atoms with Crippen LogP contribution in [-0.2, 0) is 16.0 Å². The van der Waals surface area contributed by atoms with Crippen LogP contribution in [-0.4, -0.2) is 67.7 Å². The van der Waals surface area contributed by atoms with Crippen molar-refractivity contribution >= 4 is 5.91 Å². The van der Waals surface area contributed by atoms with Crippen LogP contribution < -0.4 is 4.74 Å². The number of amides is 1. The number of nitrogens with zero attached hydrogens (tertiary/aromatic N) is 2. The van der Waals surface area contributed by atoms with Crippen molar-refractivity contribution in [2.24, 2.45) is 11.8 Å². The van der Waals surface area contributed by atoms with Gasteiger partial charge in [-0.05, 0) is 24.0 Å². The van der Waals surface area contributed by atoms with E-state index in [2.05, 4.69) is 22.8 Å². The number of likely N-dealkylation sites (tertiary alicyclic amines) is 1. The molecule has 2 saturated heterocycles. The molecule has 3 heterocycles. The largest absolute Gasteiger partial charge is 0.492 e. The normalized spacial score (nSPS) is 30.0. The van der Waals surface area contributed by atoms with Gasteiger partial charge >= 0.3 is 0 Å². The van der Waals surface area contributed by atoms with Crippen molar-refractivity contribution in [1.82, 2.24) is 9.80 Å². The SMILES string of the molecule is CCC1CN(C(=O)C2COc3ccccc3C2)CC1N1CCOCC1. The Bertz CT molecular complexity index is 615. The molecule has 0 radical (unpaired) electrons. The second-order valence-electron chi connectivity index (χ2n) is 7.45. The quantitative estimate of drug-likeness (QED) is 0.839. The van der Waals surface area contributed by atoms with Crippen LogP contribution in [0, 0.1) is 11.8 Å². The van der Waals surface area contributed by atoms with Crippen LogP contribution in [0.15, 0.2) is 24.3 Å². The summed E-state index contributed by atoms with van der Waals surface area (Å²) >= 11 is 0. The lowest BCUT2D eigenvalue weighted by Gasteiger charge is -2.34. The molecule has 3 aliphatic heterocycles. The zero-order chi connectivity index (χ0) is 17.2. The maximum absolute atomic E-state index is 13.1. The molecular weight excluding hydrogens is 316 g/mol. The van der Waals surface area contributed by atoms with Gasteiger partial charge in [0.25, 0.3) is 0 Å². The van der Waals surface area contributed by atoms with Gasteiger partial charge in [-0.1, -0.05) is 31.5 Å². The Labute approximate surface area is 149 Å². The molecule has 0 aliphatic carbocycles. The lowest BCUT2D eigenvalue weighted by molar-refractivity contribution is -0.136. The van der Waals surface area contributed by atoms with E-state index in [4.69, 9.17) is 9.47 Å². The Morgan fingerprint density at radius 2 is 2.00 bits per heavy atom. The molecule has 1 aromatic carbocycles. The van der Waals surface area contributed by atoms with Gasteiger partial charge in [0.2, 0.25) is 5.91 Å². The number of rotatable bonds is 3. The molecule has 5 heteroatoms. The van der Waals surface area contributed by atoms with E-state index in [1.165, 1.54) is 0 Å². The average Bonchev–Trinajstić information content (AvgIpc) is 3.12. The highest BCUT2D eigenvalue weighted by Crippen LogP contribution is 2.31. The lowest BCUT2D eigenvalue weighted by Crippen LogP contribution is -2.48. The van der Waals surface area contributed by atoms with Crippen molar-refractivity contribution in [3.63, 3.8) is 0 Å². The molecule has 0 N–H and O–H groups in total. The van der Waals surface area contributed by atoms with Gasteiger partial charge in [0.05, 0.1) is 19.1 Å². The third kappa shape index (κ3) is 3.40. The van der Waals surface area contributed by atoms with Crippen molar-refractivity contribution in [2.45, 2.75) is 25.8 Å². The zero-order valence-corrected chi connectivity index (χ0v) is 15.0. The standard InChI is InChI=1S/C20H28N2O3/c1-2-15-12-22(13-18(15)21-7-9-24-10-8-21)20(23)17-11-16-5-3-4-6-19(16)25-14-17/h3-6,15,17-18H,2,7-14H2,1H3. The van der Waals surface area contributed by atoms with Crippen LogP contribution in [0.3, 0.4) is 0 Å². The molecule has 25 heavy (non-hydrogen) atoms. The highest BCUT2D eigenvalue weighted by Gasteiger charge is 2.40. The number of carbonyl (C=O) groups excluding carboxylic acids is 1. The number of ether oxygens (including phenoxy) is 2. The maximum Gasteiger partial charge on any atom is 0.229 e. The van der Waals surface area contributed by atoms with E-state index < -0.39 is 0 Å². The van der Waals surface area contributed by atoms with Gasteiger partial charge in [0.15, 0.2) is 0 Å². The van der Waals surface area contributed by atoms with Gasteiger partial charge < -0.3 is 14.4 Å². The molecule has 0 aromatic heterocycles. The molecule has 1 amide bonds. The highest BCUT2D eigenvalue weighted by atomic mass is 16.5. The first-order valence-corrected chi connectivity index (χ1v) is 9.57. The number of fused-ring (bicyclic) bond motifs is 1. The van der Waals surface area contributed by atoms with Gasteiger partial charge in [-0.25, -0.2) is 0 Å². The third-order valence-corrected chi connectivity index (χ3v) is 5.99. The average molecular weight is 344 g/mol. The topological polar surface area (TPSA) is 42.0 Å². The fourth-order valence-corrected chi connectivity index (χ4v) is 4.50. The van der Waals surface area contributed by atoms with Gasteiger partial charge in [0.1, 0.15) is 12.4 Å². The Morgan fingerprint density at radius 1 is 1.20 bits per heavy atom. The minimum Gasteiger partial charge on any atom is -0.492 e. The first kappa shape index (κ1) is 16.9. The summed E-state index contributed by atoms with van der Waals surface area (Å²) in [6.07, 6.45) is 1.92. The van der Waals surface area contributed by atoms with E-state index in [1.54, 1.807) is 0 Å². The molecule has 3 unspecified atom stereocenters. The number of hydrogen-bond donors (Lipinski definition) is 0. The Hall–Kier alpha value is -1.59. The van der Waals surface area contributed by atoms with E-state index >= 15 is 0 Å². The van der Waals surface area contributed by atoms with Gasteiger partial charge in [-0.3, -0.25) is 9.69 Å². The fourth-order valence-electron chi connectivity index (χ4n) is 4.50. The minimum absolute atomic E-state index is 0.0455. The maximum atomic E-state index is 13.1. The molecule has 136 valence electrons. The number of carbonyl (C=O) groups is 1. The smallest absolute Gasteiger partial charge is 0.229 e. The summed E-state index contributed by atoms with van der Waals surface area (Å²) in [4.78, 5) is 17.7. The molecular formula is C20H28N2O3. The first-order chi connectivity index (χ1) is 12.3. The Morgan fingerprint density at radius 3 is 2.80 bits per heavy atom. The van der Waals surface area contributed by atoms with Crippen LogP contribution in [0.4, 0.5) is 0 Å². The molecule has 0 spiro atoms. The third-order valence-electron chi connectivity index (χ3n) is 5.99. The lowest BCUT2D eigenvalue weighted by atomic mass is 9.95. The monoisotopic (exact) mass is 344 g/mol. The molecule has 5 nitrogen and oxygen atoms in total. The van der Waals surface area contributed by atoms with Gasteiger partial charge in [-0.15, -0.1) is 0 Å². The Balaban J connectivity index is 1.42. The van der Waals surface area contributed by atoms with E-state index in [-0.39, 0.29) is 11.8 Å². The number of hydrogen-bond acceptors (Lipinski definition) is 4. The molecule has 2 fully saturated rings. The van der Waals surface area contributed by atoms with E-state index in [1.807, 2.05) is 18.2 Å². The van der Waals surface area contributed by atoms with Crippen LogP contribution in [0.1, 0.15) is 18.9 Å². The number of para-hydroxylation sites is 1. The predicted octanol–water partition coefficient (Wildman–Crippen LogP) is 1.81. The summed E-state index contributed by atoms with van der Waals surface area (Å²) in [7, 11) is 0. The second-order valence-corrected chi connectivity index (χ2v) is 7.45. The summed E-state index contributed by atoms with van der Waals surface area (Å²) in [6.45, 7) is 8.09. The first-order valence-electron chi connectivity index (χ1n) is 9.57. The summed E-state index contributed by atoms with van der Waals surface area (Å²) in [5.41, 5.74) is 1.16. The van der Waals surface area contributed by atoms with Crippen LogP contribution in [0.5, 0.6) is 5.75 Å². The summed E-state index contributed by atoms with van der Waals surface area (Å²) in [5, 5.41) is 0. The fraction of sp³-hybridized carbons (Fsp3) is 0.650. The van der Waals surface area contributed by atoms with E-state index in [0.29, 0.717) is 18.6 Å². The van der Waals surface area contributed by atoms with Crippen LogP contribution in [0.2, 0.25) is 0 Å². The van der Waals surface area contributed by atoms with Gasteiger partial charge in [-0.2, -0.15) is 0 Å². The molecule has 0 bridgehead atoms. The van der Waals surface area contributed by atoms with Crippen molar-refractivity contribution in [3.8, 4) is 5.75 Å². The van der Waals surface area contributed by atoms with E-state index in [9.17, 15) is 4.79 Å². The summed E-state index contributed by atoms with van der Waals surface area (Å²) in [6, 6.07) is 8.55. The van der Waals surface area contributed by atoms with Crippen molar-refractivity contribution in [3.05, 3.63) is 29.8 Å². The molecule has 0 saturated carbocycles. The summed E-state index contributed by atoms with van der Waals surface area (Å²) in [5.74, 6) is 1.73. The zero-order valence-electron chi connectivity index (χ0n) is 15.0. The molecule has 3 atom stereocenters. The Kier molecular flexibility index (Phi) is 4.95. The van der Waals surface area contributed by atoms with Crippen molar-refractivity contribution in [1.29, 1.82) is 0 Å². The van der Waals surface area contributed by atoms with Crippen molar-refractivity contribution in [2.75, 3.05) is 46.0 Å². The van der Waals surface area contributed by atoms with E-state index in [0.717, 1.165) is 63.5 Å². The highest BCUT2D eigenvalue weighted by molar-refractivity contribution is 5.80. The van der Waals surface area contributed by atoms with Crippen molar-refractivity contribution < 1.29 is 14.3 Å². The minimum atomic E-state index is -0.0455. The number of morpholine rings is 1. The predicted molar refractivity (Wildman–Crippen MR) is 95.7 cm³/mol. The second kappa shape index (κ2) is 7.34. The summed E-state index contributed by atoms with van der Waals surface area (Å²) < 4.78 is 11.3. The van der Waals surface area contributed by atoms with Crippen LogP contribution in [0.25, 0.3) is 0 Å².